The molecular formula is C18H30O2. The first-order valence-electron chi connectivity index (χ1n) is 8.37. The van der Waals surface area contributed by atoms with E-state index in [9.17, 15) is 0 Å². The van der Waals surface area contributed by atoms with Crippen LogP contribution in [0.5, 0.6) is 0 Å². The fourth-order valence-electron chi connectivity index (χ4n) is 2.96. The van der Waals surface area contributed by atoms with Gasteiger partial charge in [-0.25, -0.2) is 0 Å². The van der Waals surface area contributed by atoms with E-state index in [0.29, 0.717) is 11.5 Å². The molecule has 1 atom stereocenters. The molecule has 0 aromatic rings. The Morgan fingerprint density at radius 2 is 1.90 bits per heavy atom. The van der Waals surface area contributed by atoms with E-state index in [1.54, 1.807) is 0 Å². The first kappa shape index (κ1) is 15.8. The average molecular weight is 278 g/mol. The van der Waals surface area contributed by atoms with Gasteiger partial charge in [-0.3, -0.25) is 0 Å². The molecular weight excluding hydrogens is 248 g/mol. The van der Waals surface area contributed by atoms with Crippen LogP contribution in [0.3, 0.4) is 0 Å². The van der Waals surface area contributed by atoms with Crippen LogP contribution in [-0.4, -0.2) is 25.9 Å². The molecule has 0 amide bonds. The van der Waals surface area contributed by atoms with Crippen molar-refractivity contribution in [3.05, 3.63) is 24.3 Å². The third-order valence-corrected chi connectivity index (χ3v) is 4.69. The molecule has 0 aromatic heterocycles. The lowest BCUT2D eigenvalue weighted by Gasteiger charge is -2.41. The highest BCUT2D eigenvalue weighted by Gasteiger charge is 2.35. The Balaban J connectivity index is 1.38. The number of hydrogen-bond acceptors (Lipinski definition) is 2. The van der Waals surface area contributed by atoms with E-state index in [-0.39, 0.29) is 0 Å². The van der Waals surface area contributed by atoms with Gasteiger partial charge < -0.3 is 9.47 Å². The van der Waals surface area contributed by atoms with Gasteiger partial charge in [-0.1, -0.05) is 56.9 Å². The van der Waals surface area contributed by atoms with E-state index in [2.05, 4.69) is 31.2 Å². The third-order valence-electron chi connectivity index (χ3n) is 4.69. The van der Waals surface area contributed by atoms with Crippen LogP contribution in [0.2, 0.25) is 0 Å². The van der Waals surface area contributed by atoms with E-state index in [0.717, 1.165) is 26.2 Å². The van der Waals surface area contributed by atoms with Crippen molar-refractivity contribution in [3.63, 3.8) is 0 Å². The van der Waals surface area contributed by atoms with Crippen LogP contribution < -0.4 is 0 Å². The van der Waals surface area contributed by atoms with Crippen molar-refractivity contribution in [1.82, 2.24) is 0 Å². The van der Waals surface area contributed by atoms with Gasteiger partial charge in [-0.15, -0.1) is 0 Å². The Hall–Kier alpha value is -0.600. The largest absolute Gasteiger partial charge is 0.380 e. The SMILES string of the molecule is CCC1(CCCCCCCOC2C=CC=CC2)COC1. The van der Waals surface area contributed by atoms with Gasteiger partial charge in [0.15, 0.2) is 0 Å². The summed E-state index contributed by atoms with van der Waals surface area (Å²) in [5.74, 6) is 0. The molecule has 0 N–H and O–H groups in total. The predicted molar refractivity (Wildman–Crippen MR) is 83.9 cm³/mol. The smallest absolute Gasteiger partial charge is 0.0793 e. The molecule has 0 saturated carbocycles. The van der Waals surface area contributed by atoms with Gasteiger partial charge in [-0.2, -0.15) is 0 Å². The molecule has 114 valence electrons. The molecule has 1 aliphatic carbocycles. The third kappa shape index (κ3) is 5.06. The molecule has 1 saturated heterocycles. The molecule has 1 aliphatic heterocycles. The first-order valence-corrected chi connectivity index (χ1v) is 8.37. The Labute approximate surface area is 124 Å². The fraction of sp³-hybridized carbons (Fsp3) is 0.778. The molecule has 20 heavy (non-hydrogen) atoms. The molecule has 1 heterocycles. The minimum absolute atomic E-state index is 0.322. The monoisotopic (exact) mass is 278 g/mol. The summed E-state index contributed by atoms with van der Waals surface area (Å²) < 4.78 is 11.2. The molecule has 2 heteroatoms. The van der Waals surface area contributed by atoms with E-state index >= 15 is 0 Å². The van der Waals surface area contributed by atoms with Crippen molar-refractivity contribution in [3.8, 4) is 0 Å². The highest BCUT2D eigenvalue weighted by atomic mass is 16.5. The maximum atomic E-state index is 5.83. The van der Waals surface area contributed by atoms with Crippen LogP contribution in [0, 0.1) is 5.41 Å². The van der Waals surface area contributed by atoms with Crippen molar-refractivity contribution in [2.24, 2.45) is 5.41 Å². The van der Waals surface area contributed by atoms with Crippen molar-refractivity contribution >= 4 is 0 Å². The Morgan fingerprint density at radius 3 is 2.55 bits per heavy atom. The summed E-state index contributed by atoms with van der Waals surface area (Å²) in [7, 11) is 0. The lowest BCUT2D eigenvalue weighted by atomic mass is 9.78. The fourth-order valence-corrected chi connectivity index (χ4v) is 2.96. The van der Waals surface area contributed by atoms with Crippen LogP contribution >= 0.6 is 0 Å². The van der Waals surface area contributed by atoms with Crippen molar-refractivity contribution in [2.75, 3.05) is 19.8 Å². The average Bonchev–Trinajstić information content (AvgIpc) is 2.45. The number of hydrogen-bond donors (Lipinski definition) is 0. The van der Waals surface area contributed by atoms with Crippen LogP contribution in [0.1, 0.15) is 58.3 Å². The second-order valence-corrected chi connectivity index (χ2v) is 6.32. The van der Waals surface area contributed by atoms with Crippen molar-refractivity contribution in [2.45, 2.75) is 64.4 Å². The summed E-state index contributed by atoms with van der Waals surface area (Å²) in [6.45, 7) is 5.21. The second kappa shape index (κ2) is 8.63. The molecule has 1 fully saturated rings. The normalized spacial score (nSPS) is 23.8. The van der Waals surface area contributed by atoms with E-state index in [1.807, 2.05) is 0 Å². The van der Waals surface area contributed by atoms with E-state index in [1.165, 1.54) is 44.9 Å². The molecule has 2 nitrogen and oxygen atoms in total. The van der Waals surface area contributed by atoms with Gasteiger partial charge in [0.05, 0.1) is 19.3 Å². The zero-order chi connectivity index (χ0) is 14.1. The van der Waals surface area contributed by atoms with Crippen LogP contribution in [0.4, 0.5) is 0 Å². The van der Waals surface area contributed by atoms with Crippen molar-refractivity contribution in [1.29, 1.82) is 0 Å². The Bertz CT molecular complexity index is 310. The Morgan fingerprint density at radius 1 is 1.10 bits per heavy atom. The summed E-state index contributed by atoms with van der Waals surface area (Å²) in [6.07, 6.45) is 19.1. The van der Waals surface area contributed by atoms with Gasteiger partial charge >= 0.3 is 0 Å². The summed E-state index contributed by atoms with van der Waals surface area (Å²) in [5.41, 5.74) is 0.546. The predicted octanol–water partition coefficient (Wildman–Crippen LogP) is 4.65. The first-order chi connectivity index (χ1) is 9.85. The minimum atomic E-state index is 0.322. The van der Waals surface area contributed by atoms with E-state index < -0.39 is 0 Å². The molecule has 1 unspecified atom stereocenters. The Kier molecular flexibility index (Phi) is 6.81. The number of ether oxygens (including phenoxy) is 2. The van der Waals surface area contributed by atoms with Crippen LogP contribution in [-0.2, 0) is 9.47 Å². The molecule has 0 bridgehead atoms. The van der Waals surface area contributed by atoms with Crippen molar-refractivity contribution < 1.29 is 9.47 Å². The summed E-state index contributed by atoms with van der Waals surface area (Å²) in [4.78, 5) is 0. The summed E-state index contributed by atoms with van der Waals surface area (Å²) in [5, 5.41) is 0. The topological polar surface area (TPSA) is 18.5 Å². The number of unbranched alkanes of at least 4 members (excludes halogenated alkanes) is 4. The van der Waals surface area contributed by atoms with Gasteiger partial charge in [0.2, 0.25) is 0 Å². The highest BCUT2D eigenvalue weighted by molar-refractivity contribution is 5.11. The maximum Gasteiger partial charge on any atom is 0.0793 e. The zero-order valence-electron chi connectivity index (χ0n) is 13.0. The van der Waals surface area contributed by atoms with Gasteiger partial charge in [-0.05, 0) is 25.7 Å². The molecule has 2 aliphatic rings. The van der Waals surface area contributed by atoms with Crippen LogP contribution in [0.15, 0.2) is 24.3 Å². The number of allylic oxidation sites excluding steroid dienone is 2. The lowest BCUT2D eigenvalue weighted by molar-refractivity contribution is -0.120. The summed E-state index contributed by atoms with van der Waals surface area (Å²) in [6, 6.07) is 0. The standard InChI is InChI=1S/C18H30O2/c1-2-18(15-19-16-18)13-9-4-3-5-10-14-20-17-11-7-6-8-12-17/h6-8,11,17H,2-5,9-10,12-16H2,1H3. The number of rotatable bonds is 10. The van der Waals surface area contributed by atoms with Gasteiger partial charge in [0.1, 0.15) is 0 Å². The van der Waals surface area contributed by atoms with E-state index in [4.69, 9.17) is 9.47 Å². The molecule has 0 aromatic carbocycles. The second-order valence-electron chi connectivity index (χ2n) is 6.32. The quantitative estimate of drug-likeness (QED) is 0.541. The lowest BCUT2D eigenvalue weighted by Crippen LogP contribution is -2.41. The zero-order valence-corrected chi connectivity index (χ0v) is 13.0. The highest BCUT2D eigenvalue weighted by Crippen LogP contribution is 2.36. The van der Waals surface area contributed by atoms with Gasteiger partial charge in [0, 0.05) is 12.0 Å². The molecule has 0 spiro atoms. The van der Waals surface area contributed by atoms with Gasteiger partial charge in [0.25, 0.3) is 0 Å². The minimum Gasteiger partial charge on any atom is -0.380 e. The summed E-state index contributed by atoms with van der Waals surface area (Å²) >= 11 is 0. The van der Waals surface area contributed by atoms with Crippen LogP contribution in [0.25, 0.3) is 0 Å². The maximum absolute atomic E-state index is 5.83. The molecule has 2 rings (SSSR count). The molecule has 0 radical (unpaired) electrons.